The van der Waals surface area contributed by atoms with Gasteiger partial charge in [0.1, 0.15) is 10.0 Å². The molecule has 0 radical (unpaired) electrons. The van der Waals surface area contributed by atoms with Crippen molar-refractivity contribution in [3.8, 4) is 0 Å². The van der Waals surface area contributed by atoms with Crippen LogP contribution >= 0.6 is 11.3 Å². The van der Waals surface area contributed by atoms with E-state index >= 15 is 0 Å². The van der Waals surface area contributed by atoms with Crippen LogP contribution in [0.5, 0.6) is 0 Å². The van der Waals surface area contributed by atoms with Crippen LogP contribution in [0.25, 0.3) is 0 Å². The van der Waals surface area contributed by atoms with Gasteiger partial charge in [-0.15, -0.1) is 11.3 Å². The van der Waals surface area contributed by atoms with Crippen LogP contribution < -0.4 is 14.9 Å². The number of carbonyl (C=O) groups is 1. The Morgan fingerprint density at radius 3 is 2.52 bits per heavy atom. The summed E-state index contributed by atoms with van der Waals surface area (Å²) in [5, 5.41) is 4.65. The number of hydrogen-bond acceptors (Lipinski definition) is 5. The number of halogens is 1. The van der Waals surface area contributed by atoms with E-state index in [-0.39, 0.29) is 15.9 Å². The van der Waals surface area contributed by atoms with Crippen molar-refractivity contribution in [3.63, 3.8) is 0 Å². The van der Waals surface area contributed by atoms with E-state index in [0.29, 0.717) is 23.7 Å². The van der Waals surface area contributed by atoms with E-state index in [0.717, 1.165) is 36.5 Å². The first-order valence-electron chi connectivity index (χ1n) is 9.86. The van der Waals surface area contributed by atoms with Crippen LogP contribution in [-0.4, -0.2) is 34.0 Å². The van der Waals surface area contributed by atoms with E-state index in [1.165, 1.54) is 18.2 Å². The van der Waals surface area contributed by atoms with Crippen molar-refractivity contribution in [2.45, 2.75) is 10.6 Å². The molecule has 1 amide bonds. The molecule has 2 N–H and O–H groups in total. The highest BCUT2D eigenvalue weighted by atomic mass is 32.2. The van der Waals surface area contributed by atoms with Crippen molar-refractivity contribution in [1.82, 2.24) is 5.32 Å². The lowest BCUT2D eigenvalue weighted by Gasteiger charge is -2.19. The second-order valence-corrected chi connectivity index (χ2v) is 10.3. The Morgan fingerprint density at radius 1 is 1.10 bits per heavy atom. The number of nitrogens with zero attached hydrogens (tertiary/aromatic N) is 1. The van der Waals surface area contributed by atoms with Crippen molar-refractivity contribution in [1.29, 1.82) is 0 Å². The number of sulfonamides is 1. The van der Waals surface area contributed by atoms with Crippen LogP contribution in [0.15, 0.2) is 70.3 Å². The molecule has 2 aromatic carbocycles. The van der Waals surface area contributed by atoms with Crippen LogP contribution in [0, 0.1) is 11.7 Å². The van der Waals surface area contributed by atoms with Gasteiger partial charge in [-0.05, 0) is 72.3 Å². The molecule has 0 aliphatic carbocycles. The Balaban J connectivity index is 1.29. The van der Waals surface area contributed by atoms with Gasteiger partial charge in [0.15, 0.2) is 0 Å². The first kappa shape index (κ1) is 21.3. The van der Waals surface area contributed by atoms with Gasteiger partial charge in [0.2, 0.25) is 0 Å². The smallest absolute Gasteiger partial charge is 0.271 e. The molecule has 1 saturated heterocycles. The van der Waals surface area contributed by atoms with Gasteiger partial charge in [-0.3, -0.25) is 9.52 Å². The molecule has 6 nitrogen and oxygen atoms in total. The molecule has 1 aromatic heterocycles. The van der Waals surface area contributed by atoms with Gasteiger partial charge in [0.05, 0.1) is 0 Å². The summed E-state index contributed by atoms with van der Waals surface area (Å²) in [4.78, 5) is 14.7. The molecule has 1 aliphatic heterocycles. The van der Waals surface area contributed by atoms with Gasteiger partial charge in [0.25, 0.3) is 15.9 Å². The quantitative estimate of drug-likeness (QED) is 0.561. The van der Waals surface area contributed by atoms with E-state index in [1.807, 2.05) is 0 Å². The number of hydrogen-bond donors (Lipinski definition) is 2. The zero-order valence-electron chi connectivity index (χ0n) is 16.6. The lowest BCUT2D eigenvalue weighted by atomic mass is 10.1. The number of amides is 1. The van der Waals surface area contributed by atoms with E-state index < -0.39 is 10.0 Å². The largest absolute Gasteiger partial charge is 0.371 e. The summed E-state index contributed by atoms with van der Waals surface area (Å²) in [6.45, 7) is 2.21. The fourth-order valence-electron chi connectivity index (χ4n) is 3.54. The molecule has 3 aromatic rings. The molecular formula is C22H22FN3O3S2. The predicted molar refractivity (Wildman–Crippen MR) is 121 cm³/mol. The maximum Gasteiger partial charge on any atom is 0.271 e. The lowest BCUT2D eigenvalue weighted by Crippen LogP contribution is -2.31. The minimum Gasteiger partial charge on any atom is -0.371 e. The molecule has 9 heteroatoms. The molecule has 0 saturated carbocycles. The molecular weight excluding hydrogens is 437 g/mol. The number of anilines is 2. The third-order valence-electron chi connectivity index (χ3n) is 5.19. The highest BCUT2D eigenvalue weighted by Gasteiger charge is 2.23. The van der Waals surface area contributed by atoms with Gasteiger partial charge < -0.3 is 10.2 Å². The molecule has 4 rings (SSSR count). The molecule has 0 spiro atoms. The summed E-state index contributed by atoms with van der Waals surface area (Å²) in [7, 11) is -3.61. The first-order chi connectivity index (χ1) is 14.9. The maximum absolute atomic E-state index is 13.1. The van der Waals surface area contributed by atoms with E-state index in [2.05, 4.69) is 14.9 Å². The molecule has 162 valence electrons. The van der Waals surface area contributed by atoms with E-state index in [9.17, 15) is 17.6 Å². The number of benzene rings is 2. The van der Waals surface area contributed by atoms with Gasteiger partial charge in [-0.1, -0.05) is 6.07 Å². The fourth-order valence-corrected chi connectivity index (χ4v) is 5.59. The topological polar surface area (TPSA) is 78.5 Å². The zero-order chi connectivity index (χ0) is 21.8. The molecule has 1 fully saturated rings. The Morgan fingerprint density at radius 2 is 1.84 bits per heavy atom. The van der Waals surface area contributed by atoms with Crippen LogP contribution in [0.3, 0.4) is 0 Å². The summed E-state index contributed by atoms with van der Waals surface area (Å²) in [5.74, 6) is -0.143. The standard InChI is InChI=1S/C22H22FN3O3S2/c23-18-5-9-20(10-6-18)26-12-11-16(15-26)14-24-22(27)17-3-7-19(8-4-17)25-31(28,29)21-2-1-13-30-21/h1-10,13,16,25H,11-12,14-15H2,(H,24,27). The fraction of sp³-hybridized carbons (Fsp3) is 0.227. The third-order valence-corrected chi connectivity index (χ3v) is 7.97. The average molecular weight is 460 g/mol. The predicted octanol–water partition coefficient (Wildman–Crippen LogP) is 3.94. The van der Waals surface area contributed by atoms with Crippen LogP contribution in [0.1, 0.15) is 16.8 Å². The maximum atomic E-state index is 13.1. The lowest BCUT2D eigenvalue weighted by molar-refractivity contribution is 0.0948. The van der Waals surface area contributed by atoms with Crippen LogP contribution in [0.2, 0.25) is 0 Å². The third kappa shape index (κ3) is 5.23. The van der Waals surface area contributed by atoms with Gasteiger partial charge in [-0.25, -0.2) is 12.8 Å². The van der Waals surface area contributed by atoms with Crippen LogP contribution in [-0.2, 0) is 10.0 Å². The minimum absolute atomic E-state index is 0.201. The van der Waals surface area contributed by atoms with Gasteiger partial charge >= 0.3 is 0 Å². The molecule has 0 bridgehead atoms. The second kappa shape index (κ2) is 9.07. The number of rotatable bonds is 7. The molecule has 31 heavy (non-hydrogen) atoms. The molecule has 1 atom stereocenters. The second-order valence-electron chi connectivity index (χ2n) is 7.40. The summed E-state index contributed by atoms with van der Waals surface area (Å²) in [6, 6.07) is 16.0. The highest BCUT2D eigenvalue weighted by molar-refractivity contribution is 7.94. The van der Waals surface area contributed by atoms with Crippen molar-refractivity contribution in [2.24, 2.45) is 5.92 Å². The first-order valence-corrected chi connectivity index (χ1v) is 12.2. The van der Waals surface area contributed by atoms with E-state index in [4.69, 9.17) is 0 Å². The van der Waals surface area contributed by atoms with Crippen molar-refractivity contribution < 1.29 is 17.6 Å². The highest BCUT2D eigenvalue weighted by Crippen LogP contribution is 2.24. The average Bonchev–Trinajstić information content (AvgIpc) is 3.46. The summed E-state index contributed by atoms with van der Waals surface area (Å²) >= 11 is 1.14. The van der Waals surface area contributed by atoms with Crippen molar-refractivity contribution in [3.05, 3.63) is 77.4 Å². The monoisotopic (exact) mass is 459 g/mol. The molecule has 1 aliphatic rings. The zero-order valence-corrected chi connectivity index (χ0v) is 18.3. The summed E-state index contributed by atoms with van der Waals surface area (Å²) < 4.78 is 40.4. The Labute approximate surface area is 184 Å². The number of nitrogens with one attached hydrogen (secondary N) is 2. The number of thiophene rings is 1. The normalized spacial score (nSPS) is 16.3. The number of carbonyl (C=O) groups excluding carboxylic acids is 1. The summed E-state index contributed by atoms with van der Waals surface area (Å²) in [5.41, 5.74) is 1.85. The minimum atomic E-state index is -3.61. The summed E-state index contributed by atoms with van der Waals surface area (Å²) in [6.07, 6.45) is 0.946. The van der Waals surface area contributed by atoms with Crippen molar-refractivity contribution in [2.75, 3.05) is 29.3 Å². The molecule has 1 unspecified atom stereocenters. The van der Waals surface area contributed by atoms with Crippen molar-refractivity contribution >= 4 is 38.6 Å². The Hall–Kier alpha value is -2.91. The van der Waals surface area contributed by atoms with Gasteiger partial charge in [0, 0.05) is 36.6 Å². The molecule has 2 heterocycles. The van der Waals surface area contributed by atoms with Crippen LogP contribution in [0.4, 0.5) is 15.8 Å². The van der Waals surface area contributed by atoms with Gasteiger partial charge in [-0.2, -0.15) is 0 Å². The Kier molecular flexibility index (Phi) is 6.24. The Bertz CT molecular complexity index is 1130. The SMILES string of the molecule is O=C(NCC1CCN(c2ccc(F)cc2)C1)c1ccc(NS(=O)(=O)c2cccs2)cc1. The van der Waals surface area contributed by atoms with E-state index in [1.54, 1.807) is 47.8 Å².